The second kappa shape index (κ2) is 11.7. The monoisotopic (exact) mass is 499 g/mol. The number of amides is 1. The Morgan fingerprint density at radius 1 is 1.06 bits per heavy atom. The predicted molar refractivity (Wildman–Crippen MR) is 139 cm³/mol. The largest absolute Gasteiger partial charge is 0.497 e. The van der Waals surface area contributed by atoms with Crippen LogP contribution in [0.2, 0.25) is 0 Å². The minimum atomic E-state index is -0.457. The molecule has 1 aromatic carbocycles. The normalized spacial score (nSPS) is 14.1. The molecule has 188 valence electrons. The lowest BCUT2D eigenvalue weighted by atomic mass is 10.1. The second-order valence-corrected chi connectivity index (χ2v) is 9.16. The molecule has 0 saturated carbocycles. The zero-order chi connectivity index (χ0) is 24.8. The van der Waals surface area contributed by atoms with Gasteiger partial charge in [-0.1, -0.05) is 0 Å². The number of fused-ring (bicyclic) bond motifs is 1. The number of anilines is 2. The minimum absolute atomic E-state index is 0.148. The summed E-state index contributed by atoms with van der Waals surface area (Å²) in [7, 11) is 1.68. The van der Waals surface area contributed by atoms with Gasteiger partial charge in [0.2, 0.25) is 0 Å². The molecule has 0 radical (unpaired) electrons. The Labute approximate surface area is 210 Å². The van der Waals surface area contributed by atoms with Crippen molar-refractivity contribution in [2.24, 2.45) is 0 Å². The van der Waals surface area contributed by atoms with E-state index < -0.39 is 6.29 Å². The second-order valence-electron chi connectivity index (χ2n) is 8.16. The van der Waals surface area contributed by atoms with Crippen LogP contribution < -0.4 is 19.9 Å². The third kappa shape index (κ3) is 5.66. The van der Waals surface area contributed by atoms with Crippen molar-refractivity contribution in [3.8, 4) is 5.75 Å². The smallest absolute Gasteiger partial charge is 0.261 e. The Hall–Kier alpha value is -2.95. The molecule has 1 amide bonds. The van der Waals surface area contributed by atoms with Crippen LogP contribution in [0.15, 0.2) is 30.6 Å². The van der Waals surface area contributed by atoms with Crippen molar-refractivity contribution in [3.63, 3.8) is 0 Å². The summed E-state index contributed by atoms with van der Waals surface area (Å²) in [5, 5.41) is 3.90. The zero-order valence-electron chi connectivity index (χ0n) is 20.7. The van der Waals surface area contributed by atoms with Crippen LogP contribution in [0.3, 0.4) is 0 Å². The molecule has 9 nitrogen and oxygen atoms in total. The van der Waals surface area contributed by atoms with Gasteiger partial charge < -0.3 is 29.3 Å². The van der Waals surface area contributed by atoms with Crippen molar-refractivity contribution in [3.05, 3.63) is 41.0 Å². The van der Waals surface area contributed by atoms with Gasteiger partial charge in [-0.3, -0.25) is 4.79 Å². The summed E-state index contributed by atoms with van der Waals surface area (Å²) in [6.07, 6.45) is 1.13. The fraction of sp³-hybridized carbons (Fsp3) is 0.480. The first kappa shape index (κ1) is 25.2. The molecule has 1 aliphatic rings. The lowest BCUT2D eigenvalue weighted by molar-refractivity contribution is -0.131. The summed E-state index contributed by atoms with van der Waals surface area (Å²) < 4.78 is 16.3. The minimum Gasteiger partial charge on any atom is -0.497 e. The fourth-order valence-corrected chi connectivity index (χ4v) is 5.33. The number of piperazine rings is 1. The lowest BCUT2D eigenvalue weighted by Crippen LogP contribution is -2.46. The van der Waals surface area contributed by atoms with Crippen molar-refractivity contribution in [2.75, 3.05) is 62.8 Å². The molecule has 3 aromatic rings. The number of hydrogen-bond donors (Lipinski definition) is 1. The molecule has 1 fully saturated rings. The van der Waals surface area contributed by atoms with Crippen LogP contribution in [-0.2, 0) is 9.47 Å². The van der Waals surface area contributed by atoms with Gasteiger partial charge in [0.25, 0.3) is 5.91 Å². The first-order valence-electron chi connectivity index (χ1n) is 11.9. The third-order valence-electron chi connectivity index (χ3n) is 6.06. The Kier molecular flexibility index (Phi) is 8.37. The highest BCUT2D eigenvalue weighted by Crippen LogP contribution is 2.35. The topological polar surface area (TPSA) is 89.0 Å². The molecular formula is C25H33N5O4S. The number of nitrogens with one attached hydrogen (secondary N) is 1. The SMILES string of the molecule is CCOC(CNC(=O)c1sc2ncnc(N3CCN(c4ccc(OC)cc4)CC3)c2c1C)OCC. The number of benzene rings is 1. The average molecular weight is 500 g/mol. The number of aromatic nitrogens is 2. The molecule has 0 atom stereocenters. The summed E-state index contributed by atoms with van der Waals surface area (Å²) in [5.74, 6) is 1.60. The first-order valence-corrected chi connectivity index (χ1v) is 12.8. The van der Waals surface area contributed by atoms with Gasteiger partial charge in [0, 0.05) is 45.1 Å². The molecule has 1 N–H and O–H groups in total. The van der Waals surface area contributed by atoms with Gasteiger partial charge in [-0.05, 0) is 50.6 Å². The van der Waals surface area contributed by atoms with Gasteiger partial charge in [-0.2, -0.15) is 0 Å². The van der Waals surface area contributed by atoms with Crippen LogP contribution in [0.4, 0.5) is 11.5 Å². The van der Waals surface area contributed by atoms with Gasteiger partial charge >= 0.3 is 0 Å². The Morgan fingerprint density at radius 3 is 2.34 bits per heavy atom. The van der Waals surface area contributed by atoms with Crippen LogP contribution in [0.5, 0.6) is 5.75 Å². The number of nitrogens with zero attached hydrogens (tertiary/aromatic N) is 4. The van der Waals surface area contributed by atoms with Gasteiger partial charge in [0.05, 0.1) is 23.9 Å². The molecule has 4 rings (SSSR count). The van der Waals surface area contributed by atoms with E-state index in [2.05, 4.69) is 37.2 Å². The maximum absolute atomic E-state index is 13.0. The Balaban J connectivity index is 1.47. The molecule has 0 spiro atoms. The van der Waals surface area contributed by atoms with E-state index in [-0.39, 0.29) is 5.91 Å². The third-order valence-corrected chi connectivity index (χ3v) is 7.26. The highest BCUT2D eigenvalue weighted by molar-refractivity contribution is 7.20. The highest BCUT2D eigenvalue weighted by Gasteiger charge is 2.25. The Morgan fingerprint density at radius 2 is 1.71 bits per heavy atom. The molecule has 1 saturated heterocycles. The standard InChI is InChI=1S/C25H33N5O4S/c1-5-33-20(34-6-2)15-26-24(31)22-17(3)21-23(27-16-28-25(21)35-22)30-13-11-29(12-14-30)18-7-9-19(32-4)10-8-18/h7-10,16,20H,5-6,11-15H2,1-4H3,(H,26,31). The molecular weight excluding hydrogens is 466 g/mol. The van der Waals surface area contributed by atoms with Crippen LogP contribution in [0.1, 0.15) is 29.1 Å². The number of hydrogen-bond acceptors (Lipinski definition) is 9. The van der Waals surface area contributed by atoms with Crippen LogP contribution in [-0.4, -0.2) is 75.2 Å². The van der Waals surface area contributed by atoms with Crippen molar-refractivity contribution in [1.29, 1.82) is 0 Å². The van der Waals surface area contributed by atoms with Crippen molar-refractivity contribution < 1.29 is 19.0 Å². The fourth-order valence-electron chi connectivity index (χ4n) is 4.27. The zero-order valence-corrected chi connectivity index (χ0v) is 21.6. The van der Waals surface area contributed by atoms with E-state index in [4.69, 9.17) is 14.2 Å². The first-order chi connectivity index (χ1) is 17.0. The number of methoxy groups -OCH3 is 1. The van der Waals surface area contributed by atoms with Gasteiger partial charge in [-0.25, -0.2) is 9.97 Å². The number of rotatable bonds is 10. The molecule has 3 heterocycles. The molecule has 10 heteroatoms. The lowest BCUT2D eigenvalue weighted by Gasteiger charge is -2.37. The number of ether oxygens (including phenoxy) is 3. The maximum Gasteiger partial charge on any atom is 0.261 e. The molecule has 0 unspecified atom stereocenters. The van der Waals surface area contributed by atoms with Gasteiger partial charge in [0.1, 0.15) is 22.7 Å². The van der Waals surface area contributed by atoms with Gasteiger partial charge in [0.15, 0.2) is 6.29 Å². The number of carbonyl (C=O) groups excluding carboxylic acids is 1. The van der Waals surface area contributed by atoms with E-state index in [1.807, 2.05) is 32.9 Å². The summed E-state index contributed by atoms with van der Waals surface area (Å²) in [4.78, 5) is 28.2. The summed E-state index contributed by atoms with van der Waals surface area (Å²) >= 11 is 1.40. The summed E-state index contributed by atoms with van der Waals surface area (Å²) in [6, 6.07) is 8.16. The van der Waals surface area contributed by atoms with Crippen LogP contribution in [0.25, 0.3) is 10.2 Å². The Bertz CT molecular complexity index is 1120. The summed E-state index contributed by atoms with van der Waals surface area (Å²) in [5.41, 5.74) is 2.08. The van der Waals surface area contributed by atoms with Crippen LogP contribution >= 0.6 is 11.3 Å². The average Bonchev–Trinajstić information content (AvgIpc) is 3.24. The van der Waals surface area contributed by atoms with E-state index in [1.54, 1.807) is 13.4 Å². The maximum atomic E-state index is 13.0. The predicted octanol–water partition coefficient (Wildman–Crippen LogP) is 3.46. The molecule has 0 aliphatic carbocycles. The van der Waals surface area contributed by atoms with Crippen molar-refractivity contribution in [2.45, 2.75) is 27.1 Å². The molecule has 35 heavy (non-hydrogen) atoms. The number of carbonyl (C=O) groups is 1. The quantitative estimate of drug-likeness (QED) is 0.424. The van der Waals surface area contributed by atoms with Crippen molar-refractivity contribution in [1.82, 2.24) is 15.3 Å². The van der Waals surface area contributed by atoms with E-state index in [9.17, 15) is 4.79 Å². The highest BCUT2D eigenvalue weighted by atomic mass is 32.1. The number of aryl methyl sites for hydroxylation is 1. The van der Waals surface area contributed by atoms with E-state index >= 15 is 0 Å². The molecule has 0 bridgehead atoms. The van der Waals surface area contributed by atoms with E-state index in [0.29, 0.717) is 24.6 Å². The molecule has 2 aromatic heterocycles. The van der Waals surface area contributed by atoms with E-state index in [0.717, 1.165) is 53.5 Å². The van der Waals surface area contributed by atoms with Crippen LogP contribution in [0, 0.1) is 6.92 Å². The number of thiophene rings is 1. The molecule has 1 aliphatic heterocycles. The van der Waals surface area contributed by atoms with Crippen molar-refractivity contribution >= 4 is 39.0 Å². The van der Waals surface area contributed by atoms with Gasteiger partial charge in [-0.15, -0.1) is 11.3 Å². The van der Waals surface area contributed by atoms with E-state index in [1.165, 1.54) is 17.0 Å². The summed E-state index contributed by atoms with van der Waals surface area (Å²) in [6.45, 7) is 10.5.